The average Bonchev–Trinajstić information content (AvgIpc) is 0.918. The van der Waals surface area contributed by atoms with Crippen LogP contribution in [0.15, 0.2) is 0 Å². The van der Waals surface area contributed by atoms with Crippen molar-refractivity contribution in [3.8, 4) is 0 Å². The van der Waals surface area contributed by atoms with Crippen molar-refractivity contribution in [3.63, 3.8) is 0 Å². The zero-order chi connectivity index (χ0) is 2.71. The lowest BCUT2D eigenvalue weighted by Crippen LogP contribution is -1.86. The molecular weight excluding hydrogens is 80.0 g/mol. The third-order valence-corrected chi connectivity index (χ3v) is 0. The maximum absolute atomic E-state index is 4.35. The van der Waals surface area contributed by atoms with Gasteiger partial charge in [-0.15, -0.1) is 0 Å². The van der Waals surface area contributed by atoms with E-state index in [2.05, 4.69) is 10.7 Å². The Labute approximate surface area is 28.6 Å². The number of hydrogen-bond donors (Lipinski definition) is 1. The Hall–Kier alpha value is -0.220. The predicted octanol–water partition coefficient (Wildman–Crippen LogP) is -0.188. The monoisotopic (exact) mass is 87.0 g/mol. The number of rotatable bonds is 0. The van der Waals surface area contributed by atoms with Crippen LogP contribution in [-0.4, -0.2) is 7.11 Å². The second-order valence-electron chi connectivity index (χ2n) is 0.236. The summed E-state index contributed by atoms with van der Waals surface area (Å²) in [5.41, 5.74) is 0. The third-order valence-electron chi connectivity index (χ3n) is 0. The molecule has 5 heavy (non-hydrogen) atoms. The summed E-state index contributed by atoms with van der Waals surface area (Å²) < 4.78 is 0. The molecule has 2 N–H and O–H groups in total. The molecule has 0 heterocycles. The summed E-state index contributed by atoms with van der Waals surface area (Å²) in [5, 5.41) is 0. The van der Waals surface area contributed by atoms with E-state index in [1.54, 1.807) is 0 Å². The van der Waals surface area contributed by atoms with E-state index in [4.69, 9.17) is 0 Å². The molecule has 0 aliphatic carbocycles. The predicted molar refractivity (Wildman–Crippen MR) is 16.2 cm³/mol. The Morgan fingerprint density at radius 3 is 1.40 bits per heavy atom. The van der Waals surface area contributed by atoms with Crippen LogP contribution in [0, 0.1) is 0 Å². The molecule has 0 spiro atoms. The summed E-state index contributed by atoms with van der Waals surface area (Å²) in [7, 11) is 1.40. The largest absolute Gasteiger partial charge is 0.308 e. The molecule has 36 valence electrons. The van der Waals surface area contributed by atoms with Gasteiger partial charge in [0.1, 0.15) is 0 Å². The summed E-state index contributed by atoms with van der Waals surface area (Å²) in [4.78, 5) is 3.75. The molecule has 2 nitrogen and oxygen atoms in total. The van der Waals surface area contributed by atoms with Gasteiger partial charge in [0.15, 0.2) is 0 Å². The van der Waals surface area contributed by atoms with Gasteiger partial charge in [0.2, 0.25) is 0 Å². The molecule has 0 rings (SSSR count). The standard InChI is InChI=1S/CH5NO.2FH/c1-3-2;;/h2H2,1H3;2*1H. The topological polar surface area (TPSA) is 35.2 Å². The molecule has 0 unspecified atom stereocenters. The van der Waals surface area contributed by atoms with E-state index in [1.807, 2.05) is 0 Å². The van der Waals surface area contributed by atoms with E-state index in [-0.39, 0.29) is 9.41 Å². The summed E-state index contributed by atoms with van der Waals surface area (Å²) in [6.07, 6.45) is 0. The minimum Gasteiger partial charge on any atom is -0.308 e. The van der Waals surface area contributed by atoms with Gasteiger partial charge in [0.05, 0.1) is 7.11 Å². The van der Waals surface area contributed by atoms with Crippen LogP contribution in [-0.2, 0) is 4.84 Å². The van der Waals surface area contributed by atoms with E-state index in [0.717, 1.165) is 0 Å². The van der Waals surface area contributed by atoms with Gasteiger partial charge in [-0.3, -0.25) is 9.41 Å². The Kier molecular flexibility index (Phi) is 207. The lowest BCUT2D eigenvalue weighted by atomic mass is 11.7. The second kappa shape index (κ2) is 48.0. The Balaban J connectivity index is -0.0000000200. The Morgan fingerprint density at radius 2 is 1.40 bits per heavy atom. The molecule has 0 saturated heterocycles. The van der Waals surface area contributed by atoms with Crippen molar-refractivity contribution < 1.29 is 14.2 Å². The fourth-order valence-corrected chi connectivity index (χ4v) is 0. The van der Waals surface area contributed by atoms with Crippen molar-refractivity contribution in [2.24, 2.45) is 5.90 Å². The van der Waals surface area contributed by atoms with E-state index >= 15 is 0 Å². The lowest BCUT2D eigenvalue weighted by Gasteiger charge is -1.62. The maximum Gasteiger partial charge on any atom is 0.0569 e. The van der Waals surface area contributed by atoms with Crippen molar-refractivity contribution in [3.05, 3.63) is 0 Å². The molecule has 0 fully saturated rings. The fourth-order valence-electron chi connectivity index (χ4n) is 0. The zero-order valence-corrected chi connectivity index (χ0v) is 2.80. The number of hydrogen-bond acceptors (Lipinski definition) is 2. The van der Waals surface area contributed by atoms with Crippen LogP contribution < -0.4 is 5.90 Å². The van der Waals surface area contributed by atoms with Crippen molar-refractivity contribution in [1.29, 1.82) is 0 Å². The first kappa shape index (κ1) is 21.6. The molecule has 0 aromatic rings. The Bertz CT molecular complexity index is 9.61. The van der Waals surface area contributed by atoms with Crippen LogP contribution in [0.5, 0.6) is 0 Å². The molecule has 0 aromatic carbocycles. The molecule has 0 aliphatic rings. The molecule has 0 bridgehead atoms. The number of halogens is 2. The minimum absolute atomic E-state index is 0. The van der Waals surface area contributed by atoms with Crippen LogP contribution in [0.4, 0.5) is 9.41 Å². The normalized spacial score (nSPS) is 3.60. The van der Waals surface area contributed by atoms with Gasteiger partial charge >= 0.3 is 0 Å². The van der Waals surface area contributed by atoms with Gasteiger partial charge in [-0.1, -0.05) is 0 Å². The summed E-state index contributed by atoms with van der Waals surface area (Å²) >= 11 is 0. The highest BCUT2D eigenvalue weighted by Gasteiger charge is 1.23. The maximum atomic E-state index is 4.35. The van der Waals surface area contributed by atoms with Crippen molar-refractivity contribution in [2.45, 2.75) is 0 Å². The van der Waals surface area contributed by atoms with Gasteiger partial charge in [-0.2, -0.15) is 0 Å². The smallest absolute Gasteiger partial charge is 0.0569 e. The van der Waals surface area contributed by atoms with Gasteiger partial charge in [0, 0.05) is 0 Å². The van der Waals surface area contributed by atoms with Crippen LogP contribution in [0.3, 0.4) is 0 Å². The van der Waals surface area contributed by atoms with Gasteiger partial charge in [0.25, 0.3) is 0 Å². The fraction of sp³-hybridized carbons (Fsp3) is 1.00. The highest BCUT2D eigenvalue weighted by atomic mass is 19.0. The highest BCUT2D eigenvalue weighted by Crippen LogP contribution is 1.14. The Morgan fingerprint density at radius 1 is 1.40 bits per heavy atom. The van der Waals surface area contributed by atoms with Gasteiger partial charge in [-0.25, -0.2) is 5.90 Å². The summed E-state index contributed by atoms with van der Waals surface area (Å²) in [5.74, 6) is 4.35. The van der Waals surface area contributed by atoms with Crippen LogP contribution in [0.2, 0.25) is 0 Å². The molecule has 0 radical (unpaired) electrons. The van der Waals surface area contributed by atoms with Crippen LogP contribution in [0.1, 0.15) is 0 Å². The van der Waals surface area contributed by atoms with Crippen LogP contribution >= 0.6 is 0 Å². The molecule has 4 heteroatoms. The van der Waals surface area contributed by atoms with Gasteiger partial charge in [-0.05, 0) is 0 Å². The van der Waals surface area contributed by atoms with E-state index < -0.39 is 0 Å². The quantitative estimate of drug-likeness (QED) is 0.416. The van der Waals surface area contributed by atoms with E-state index in [9.17, 15) is 0 Å². The SMILES string of the molecule is CON.F.F. The third kappa shape index (κ3) is 247. The van der Waals surface area contributed by atoms with Gasteiger partial charge < -0.3 is 4.84 Å². The molecule has 0 aromatic heterocycles. The van der Waals surface area contributed by atoms with E-state index in [1.165, 1.54) is 7.11 Å². The average molecular weight is 87.1 g/mol. The molecule has 0 atom stereocenters. The molecular formula is CH7F2NO. The number of nitrogens with two attached hydrogens (primary N) is 1. The summed E-state index contributed by atoms with van der Waals surface area (Å²) in [6.45, 7) is 0. The van der Waals surface area contributed by atoms with Crippen molar-refractivity contribution in [2.75, 3.05) is 7.11 Å². The molecule has 0 saturated carbocycles. The highest BCUT2D eigenvalue weighted by molar-refractivity contribution is 3.43. The first-order chi connectivity index (χ1) is 1.41. The minimum atomic E-state index is 0. The lowest BCUT2D eigenvalue weighted by molar-refractivity contribution is 0.206. The summed E-state index contributed by atoms with van der Waals surface area (Å²) in [6, 6.07) is 0. The zero-order valence-electron chi connectivity index (χ0n) is 2.80. The van der Waals surface area contributed by atoms with Crippen molar-refractivity contribution >= 4 is 0 Å². The first-order valence-corrected chi connectivity index (χ1v) is 0.644. The first-order valence-electron chi connectivity index (χ1n) is 0.644. The van der Waals surface area contributed by atoms with E-state index in [0.29, 0.717) is 0 Å². The van der Waals surface area contributed by atoms with Crippen molar-refractivity contribution in [1.82, 2.24) is 0 Å². The van der Waals surface area contributed by atoms with Crippen LogP contribution in [0.25, 0.3) is 0 Å². The second-order valence-corrected chi connectivity index (χ2v) is 0.236. The molecule has 0 aliphatic heterocycles. The molecule has 0 amide bonds.